The number of guanidine groups is 1. The van der Waals surface area contributed by atoms with E-state index in [-0.39, 0.29) is 31.7 Å². The summed E-state index contributed by atoms with van der Waals surface area (Å²) < 4.78 is 15.2. The van der Waals surface area contributed by atoms with Crippen LogP contribution in [0.15, 0.2) is 30.3 Å². The maximum absolute atomic E-state index is 11.7. The molecule has 178 valence electrons. The minimum atomic E-state index is -0.779. The van der Waals surface area contributed by atoms with Crippen molar-refractivity contribution in [3.05, 3.63) is 35.9 Å². The molecular weight excluding hydrogens is 414 g/mol. The second-order valence-corrected chi connectivity index (χ2v) is 7.31. The van der Waals surface area contributed by atoms with E-state index in [2.05, 4.69) is 5.32 Å². The minimum absolute atomic E-state index is 0.132. The van der Waals surface area contributed by atoms with E-state index in [1.54, 1.807) is 0 Å². The van der Waals surface area contributed by atoms with Crippen molar-refractivity contribution in [2.45, 2.75) is 51.9 Å². The first-order chi connectivity index (χ1) is 15.4. The lowest BCUT2D eigenvalue weighted by molar-refractivity contribution is -0.144. The van der Waals surface area contributed by atoms with Crippen LogP contribution in [-0.4, -0.2) is 62.3 Å². The maximum Gasteiger partial charge on any atom is 0.413 e. The van der Waals surface area contributed by atoms with Crippen molar-refractivity contribution >= 4 is 24.0 Å². The molecule has 1 aromatic rings. The lowest BCUT2D eigenvalue weighted by Gasteiger charge is -2.19. The van der Waals surface area contributed by atoms with E-state index in [4.69, 9.17) is 19.6 Å². The van der Waals surface area contributed by atoms with Crippen LogP contribution >= 0.6 is 0 Å². The lowest BCUT2D eigenvalue weighted by atomic mass is 10.1. The fourth-order valence-corrected chi connectivity index (χ4v) is 2.59. The molecule has 0 unspecified atom stereocenters. The zero-order chi connectivity index (χ0) is 23.6. The lowest BCUT2D eigenvalue weighted by Crippen LogP contribution is -2.44. The van der Waals surface area contributed by atoms with E-state index >= 15 is 0 Å². The first-order valence-corrected chi connectivity index (χ1v) is 11.0. The highest BCUT2D eigenvalue weighted by molar-refractivity contribution is 5.93. The molecule has 0 heterocycles. The summed E-state index contributed by atoms with van der Waals surface area (Å²) in [5, 5.41) is 10.0. The minimum Gasteiger partial charge on any atom is -0.466 e. The monoisotopic (exact) mass is 449 g/mol. The van der Waals surface area contributed by atoms with Gasteiger partial charge in [-0.3, -0.25) is 20.3 Å². The number of nitrogens with one attached hydrogen (secondary N) is 2. The molecule has 9 heteroatoms. The number of benzene rings is 1. The van der Waals surface area contributed by atoms with Crippen LogP contribution in [0.5, 0.6) is 0 Å². The van der Waals surface area contributed by atoms with Gasteiger partial charge >= 0.3 is 18.0 Å². The van der Waals surface area contributed by atoms with Gasteiger partial charge in [0.25, 0.3) is 0 Å². The summed E-state index contributed by atoms with van der Waals surface area (Å²) in [6, 6.07) is 9.97. The topological polar surface area (TPSA) is 118 Å². The van der Waals surface area contributed by atoms with E-state index < -0.39 is 12.1 Å². The molecule has 0 fully saturated rings. The average Bonchev–Trinajstić information content (AvgIpc) is 2.77. The number of carbonyl (C=O) groups is 3. The van der Waals surface area contributed by atoms with Crippen molar-refractivity contribution in [2.24, 2.45) is 0 Å². The molecule has 0 bridgehead atoms. The zero-order valence-electron chi connectivity index (χ0n) is 19.1. The number of nitrogens with zero attached hydrogens (tertiary/aromatic N) is 1. The predicted molar refractivity (Wildman–Crippen MR) is 120 cm³/mol. The van der Waals surface area contributed by atoms with Gasteiger partial charge in [-0.1, -0.05) is 43.7 Å². The number of aryl methyl sites for hydroxylation is 1. The van der Waals surface area contributed by atoms with Crippen molar-refractivity contribution in [3.63, 3.8) is 0 Å². The molecule has 1 amide bonds. The molecule has 0 aromatic heterocycles. The number of likely N-dealkylation sites (N-methyl/N-ethyl adjacent to an activating group) is 1. The number of hydrogen-bond acceptors (Lipinski definition) is 7. The van der Waals surface area contributed by atoms with Crippen LogP contribution in [0.1, 0.15) is 51.0 Å². The molecule has 1 aromatic carbocycles. The quantitative estimate of drug-likeness (QED) is 0.147. The third-order valence-corrected chi connectivity index (χ3v) is 4.45. The molecule has 2 N–H and O–H groups in total. The molecule has 0 atom stereocenters. The largest absolute Gasteiger partial charge is 0.466 e. The zero-order valence-corrected chi connectivity index (χ0v) is 19.1. The van der Waals surface area contributed by atoms with Gasteiger partial charge in [-0.2, -0.15) is 0 Å². The van der Waals surface area contributed by atoms with Gasteiger partial charge < -0.3 is 19.1 Å². The number of carbonyl (C=O) groups excluding carboxylic acids is 3. The molecule has 0 aliphatic rings. The van der Waals surface area contributed by atoms with E-state index in [9.17, 15) is 14.4 Å². The molecular formula is C23H35N3O6. The summed E-state index contributed by atoms with van der Waals surface area (Å²) in [5.74, 6) is -0.952. The first-order valence-electron chi connectivity index (χ1n) is 11.0. The van der Waals surface area contributed by atoms with E-state index in [0.717, 1.165) is 25.7 Å². The normalized spacial score (nSPS) is 10.2. The summed E-state index contributed by atoms with van der Waals surface area (Å²) in [7, 11) is 1.50. The van der Waals surface area contributed by atoms with Crippen LogP contribution in [0.2, 0.25) is 0 Å². The highest BCUT2D eigenvalue weighted by Crippen LogP contribution is 2.05. The molecule has 0 saturated carbocycles. The van der Waals surface area contributed by atoms with Crippen LogP contribution in [0, 0.1) is 5.41 Å². The highest BCUT2D eigenvalue weighted by Gasteiger charge is 2.14. The smallest absolute Gasteiger partial charge is 0.413 e. The van der Waals surface area contributed by atoms with Crippen LogP contribution in [-0.2, 0) is 30.2 Å². The third kappa shape index (κ3) is 13.3. The van der Waals surface area contributed by atoms with Gasteiger partial charge in [0.1, 0.15) is 6.54 Å². The standard InChI is InChI=1S/C23H35N3O6/c1-3-4-15-31-21(28)18-26(2)22(24)25-23(29)32-17-9-8-16-30-20(27)14-10-13-19-11-6-5-7-12-19/h5-7,11-12H,3-4,8-10,13-18H2,1-2H3,(H2,24,25,29). The number of amides is 1. The Bertz CT molecular complexity index is 711. The van der Waals surface area contributed by atoms with Crippen molar-refractivity contribution in [1.29, 1.82) is 5.41 Å². The van der Waals surface area contributed by atoms with Gasteiger partial charge in [0.05, 0.1) is 19.8 Å². The second kappa shape index (κ2) is 16.6. The van der Waals surface area contributed by atoms with Gasteiger partial charge in [-0.15, -0.1) is 0 Å². The summed E-state index contributed by atoms with van der Waals surface area (Å²) in [6.07, 6.45) is 3.96. The average molecular weight is 450 g/mol. The van der Waals surface area contributed by atoms with Crippen molar-refractivity contribution < 1.29 is 28.6 Å². The molecule has 9 nitrogen and oxygen atoms in total. The molecule has 0 radical (unpaired) electrons. The molecule has 0 saturated heterocycles. The van der Waals surface area contributed by atoms with E-state index in [1.165, 1.54) is 17.5 Å². The summed E-state index contributed by atoms with van der Waals surface area (Å²) in [6.45, 7) is 2.60. The Morgan fingerprint density at radius 3 is 2.22 bits per heavy atom. The van der Waals surface area contributed by atoms with Gasteiger partial charge in [0, 0.05) is 13.5 Å². The van der Waals surface area contributed by atoms with E-state index in [1.807, 2.05) is 37.3 Å². The predicted octanol–water partition coefficient (Wildman–Crippen LogP) is 3.27. The Labute approximate surface area is 189 Å². The number of esters is 2. The Balaban J connectivity index is 2.03. The fourth-order valence-electron chi connectivity index (χ4n) is 2.59. The van der Waals surface area contributed by atoms with Gasteiger partial charge in [-0.25, -0.2) is 4.79 Å². The molecule has 0 spiro atoms. The molecule has 32 heavy (non-hydrogen) atoms. The fraction of sp³-hybridized carbons (Fsp3) is 0.565. The van der Waals surface area contributed by atoms with Gasteiger partial charge in [0.2, 0.25) is 5.96 Å². The number of alkyl carbamates (subject to hydrolysis) is 1. The molecule has 1 rings (SSSR count). The van der Waals surface area contributed by atoms with Crippen LogP contribution in [0.3, 0.4) is 0 Å². The highest BCUT2D eigenvalue weighted by atomic mass is 16.6. The SMILES string of the molecule is CCCCOC(=O)CN(C)C(=N)NC(=O)OCCCCOC(=O)CCCc1ccccc1. The first kappa shape index (κ1) is 26.9. The van der Waals surface area contributed by atoms with Gasteiger partial charge in [-0.05, 0) is 37.7 Å². The summed E-state index contributed by atoms with van der Waals surface area (Å²) >= 11 is 0. The van der Waals surface area contributed by atoms with Crippen LogP contribution < -0.4 is 5.32 Å². The Morgan fingerprint density at radius 2 is 1.53 bits per heavy atom. The number of hydrogen-bond donors (Lipinski definition) is 2. The summed E-state index contributed by atoms with van der Waals surface area (Å²) in [4.78, 5) is 36.3. The van der Waals surface area contributed by atoms with Gasteiger partial charge in [0.15, 0.2) is 0 Å². The van der Waals surface area contributed by atoms with E-state index in [0.29, 0.717) is 25.9 Å². The van der Waals surface area contributed by atoms with Crippen LogP contribution in [0.4, 0.5) is 4.79 Å². The van der Waals surface area contributed by atoms with Crippen molar-refractivity contribution in [2.75, 3.05) is 33.4 Å². The number of ether oxygens (including phenoxy) is 3. The summed E-state index contributed by atoms with van der Waals surface area (Å²) in [5.41, 5.74) is 1.20. The Kier molecular flexibility index (Phi) is 14.0. The van der Waals surface area contributed by atoms with Crippen molar-refractivity contribution in [1.82, 2.24) is 10.2 Å². The maximum atomic E-state index is 11.7. The second-order valence-electron chi connectivity index (χ2n) is 7.31. The Morgan fingerprint density at radius 1 is 0.906 bits per heavy atom. The number of rotatable bonds is 14. The molecule has 0 aliphatic carbocycles. The number of unbranched alkanes of at least 4 members (excludes halogenated alkanes) is 2. The van der Waals surface area contributed by atoms with Crippen LogP contribution in [0.25, 0.3) is 0 Å². The third-order valence-electron chi connectivity index (χ3n) is 4.45. The Hall–Kier alpha value is -3.10. The van der Waals surface area contributed by atoms with Crippen molar-refractivity contribution in [3.8, 4) is 0 Å². The molecule has 0 aliphatic heterocycles.